The molecule has 12 heavy (non-hydrogen) atoms. The maximum Gasteiger partial charge on any atom is 0.146 e. The quantitative estimate of drug-likeness (QED) is 0.763. The second-order valence-corrected chi connectivity index (χ2v) is 3.90. The van der Waals surface area contributed by atoms with Crippen molar-refractivity contribution in [3.05, 3.63) is 33.0 Å². The van der Waals surface area contributed by atoms with Crippen LogP contribution in [-0.2, 0) is 0 Å². The van der Waals surface area contributed by atoms with Gasteiger partial charge in [-0.25, -0.2) is 4.39 Å². The first kappa shape index (κ1) is 9.96. The van der Waals surface area contributed by atoms with Crippen LogP contribution in [0.15, 0.2) is 16.6 Å². The summed E-state index contributed by atoms with van der Waals surface area (Å²) in [7, 11) is 0. The number of hydrogen-bond acceptors (Lipinski definition) is 1. The van der Waals surface area contributed by atoms with Crippen LogP contribution in [-0.4, -0.2) is 0 Å². The lowest BCUT2D eigenvalue weighted by atomic mass is 10.1. The van der Waals surface area contributed by atoms with Gasteiger partial charge in [0.1, 0.15) is 5.82 Å². The van der Waals surface area contributed by atoms with E-state index < -0.39 is 5.82 Å². The fraction of sp³-hybridized carbons (Fsp3) is 0.250. The maximum atomic E-state index is 13.2. The van der Waals surface area contributed by atoms with Gasteiger partial charge in [0, 0.05) is 16.1 Å². The number of nitrogens with two attached hydrogens (primary N) is 1. The van der Waals surface area contributed by atoms with Gasteiger partial charge in [-0.1, -0.05) is 27.5 Å². The third-order valence-corrected chi connectivity index (χ3v) is 2.24. The average molecular weight is 253 g/mol. The summed E-state index contributed by atoms with van der Waals surface area (Å²) < 4.78 is 13.9. The highest BCUT2D eigenvalue weighted by molar-refractivity contribution is 9.10. The van der Waals surface area contributed by atoms with Crippen LogP contribution < -0.4 is 5.73 Å². The molecule has 4 heteroatoms. The van der Waals surface area contributed by atoms with Crippen LogP contribution >= 0.6 is 27.5 Å². The molecule has 0 bridgehead atoms. The Kier molecular flexibility index (Phi) is 3.09. The molecule has 0 aromatic heterocycles. The van der Waals surface area contributed by atoms with Crippen LogP contribution in [0, 0.1) is 5.82 Å². The molecule has 0 aliphatic rings. The largest absolute Gasteiger partial charge is 0.324 e. The molecule has 0 radical (unpaired) electrons. The third-order valence-electron chi connectivity index (χ3n) is 1.51. The molecular weight excluding hydrogens is 244 g/mol. The predicted octanol–water partition coefficient (Wildman–Crippen LogP) is 3.26. The van der Waals surface area contributed by atoms with Crippen molar-refractivity contribution in [2.75, 3.05) is 0 Å². The lowest BCUT2D eigenvalue weighted by Gasteiger charge is -2.08. The van der Waals surface area contributed by atoms with E-state index in [4.69, 9.17) is 17.3 Å². The Labute approximate surface area is 83.8 Å². The lowest BCUT2D eigenvalue weighted by Crippen LogP contribution is -2.07. The zero-order valence-corrected chi connectivity index (χ0v) is 8.79. The first-order valence-corrected chi connectivity index (χ1v) is 4.59. The van der Waals surface area contributed by atoms with Gasteiger partial charge < -0.3 is 5.73 Å². The van der Waals surface area contributed by atoms with Gasteiger partial charge in [0.2, 0.25) is 0 Å². The van der Waals surface area contributed by atoms with Gasteiger partial charge in [0.05, 0.1) is 5.02 Å². The summed E-state index contributed by atoms with van der Waals surface area (Å²) >= 11 is 8.81. The zero-order chi connectivity index (χ0) is 9.30. The predicted molar refractivity (Wildman–Crippen MR) is 51.7 cm³/mol. The van der Waals surface area contributed by atoms with Gasteiger partial charge in [-0.3, -0.25) is 0 Å². The highest BCUT2D eigenvalue weighted by atomic mass is 79.9. The van der Waals surface area contributed by atoms with E-state index in [0.717, 1.165) is 4.47 Å². The zero-order valence-electron chi connectivity index (χ0n) is 6.44. The molecule has 66 valence electrons. The Morgan fingerprint density at radius 3 is 2.67 bits per heavy atom. The highest BCUT2D eigenvalue weighted by Crippen LogP contribution is 2.26. The van der Waals surface area contributed by atoms with Crippen molar-refractivity contribution in [2.45, 2.75) is 13.0 Å². The first-order chi connectivity index (χ1) is 5.52. The van der Waals surface area contributed by atoms with Gasteiger partial charge in [-0.15, -0.1) is 0 Å². The molecule has 0 unspecified atom stereocenters. The number of hydrogen-bond donors (Lipinski definition) is 1. The molecule has 0 aliphatic heterocycles. The fourth-order valence-electron chi connectivity index (χ4n) is 0.907. The van der Waals surface area contributed by atoms with Crippen molar-refractivity contribution >= 4 is 27.5 Å². The standard InChI is InChI=1S/C8H8BrClFN/c1-4(12)6-2-5(9)3-7(10)8(6)11/h2-4H,12H2,1H3/t4-/m0/s1. The minimum absolute atomic E-state index is 0.0941. The number of halogens is 3. The summed E-state index contributed by atoms with van der Waals surface area (Å²) in [5.41, 5.74) is 5.96. The lowest BCUT2D eigenvalue weighted by molar-refractivity contribution is 0.594. The van der Waals surface area contributed by atoms with Crippen molar-refractivity contribution < 1.29 is 4.39 Å². The molecule has 0 fully saturated rings. The van der Waals surface area contributed by atoms with Crippen molar-refractivity contribution in [3.8, 4) is 0 Å². The molecule has 0 saturated carbocycles. The van der Waals surface area contributed by atoms with Gasteiger partial charge in [0.25, 0.3) is 0 Å². The molecule has 0 aliphatic carbocycles. The Morgan fingerprint density at radius 1 is 1.58 bits per heavy atom. The van der Waals surface area contributed by atoms with E-state index in [0.29, 0.717) is 5.56 Å². The van der Waals surface area contributed by atoms with Crippen LogP contribution in [0.2, 0.25) is 5.02 Å². The molecule has 1 rings (SSSR count). The van der Waals surface area contributed by atoms with Gasteiger partial charge >= 0.3 is 0 Å². The highest BCUT2D eigenvalue weighted by Gasteiger charge is 2.11. The Balaban J connectivity index is 3.28. The van der Waals surface area contributed by atoms with E-state index in [1.807, 2.05) is 0 Å². The summed E-state index contributed by atoms with van der Waals surface area (Å²) in [5.74, 6) is -0.435. The molecule has 0 spiro atoms. The van der Waals surface area contributed by atoms with Gasteiger partial charge in [0.15, 0.2) is 0 Å². The number of benzene rings is 1. The second kappa shape index (κ2) is 3.73. The Morgan fingerprint density at radius 2 is 2.17 bits per heavy atom. The summed E-state index contributed by atoms with van der Waals surface area (Å²) in [6, 6.07) is 2.79. The molecular formula is C8H8BrClFN. The topological polar surface area (TPSA) is 26.0 Å². The summed E-state index contributed by atoms with van der Waals surface area (Å²) in [6.45, 7) is 1.71. The van der Waals surface area contributed by atoms with Crippen LogP contribution in [0.4, 0.5) is 4.39 Å². The van der Waals surface area contributed by atoms with Crippen molar-refractivity contribution in [1.29, 1.82) is 0 Å². The smallest absolute Gasteiger partial charge is 0.146 e. The van der Waals surface area contributed by atoms with E-state index in [2.05, 4.69) is 15.9 Å². The molecule has 0 heterocycles. The van der Waals surface area contributed by atoms with E-state index in [1.165, 1.54) is 6.07 Å². The van der Waals surface area contributed by atoms with E-state index in [9.17, 15) is 4.39 Å². The van der Waals surface area contributed by atoms with Crippen LogP contribution in [0.25, 0.3) is 0 Å². The van der Waals surface area contributed by atoms with Crippen LogP contribution in [0.3, 0.4) is 0 Å². The molecule has 2 N–H and O–H groups in total. The molecule has 1 nitrogen and oxygen atoms in total. The van der Waals surface area contributed by atoms with Gasteiger partial charge in [-0.05, 0) is 19.1 Å². The monoisotopic (exact) mass is 251 g/mol. The minimum atomic E-state index is -0.435. The van der Waals surface area contributed by atoms with E-state index >= 15 is 0 Å². The average Bonchev–Trinajstić information content (AvgIpc) is 1.96. The maximum absolute atomic E-state index is 13.2. The first-order valence-electron chi connectivity index (χ1n) is 3.42. The summed E-state index contributed by atoms with van der Waals surface area (Å²) in [5, 5.41) is 0.0941. The third kappa shape index (κ3) is 1.97. The molecule has 1 atom stereocenters. The number of rotatable bonds is 1. The molecule has 0 amide bonds. The molecule has 1 aromatic carbocycles. The van der Waals surface area contributed by atoms with Crippen molar-refractivity contribution in [3.63, 3.8) is 0 Å². The summed E-state index contributed by atoms with van der Waals surface area (Å²) in [4.78, 5) is 0. The fourth-order valence-corrected chi connectivity index (χ4v) is 1.74. The molecule has 1 aromatic rings. The minimum Gasteiger partial charge on any atom is -0.324 e. The summed E-state index contributed by atoms with van der Waals surface area (Å²) in [6.07, 6.45) is 0. The van der Waals surface area contributed by atoms with Crippen LogP contribution in [0.5, 0.6) is 0 Å². The SMILES string of the molecule is C[C@H](N)c1cc(Br)cc(Cl)c1F. The van der Waals surface area contributed by atoms with E-state index in [1.54, 1.807) is 13.0 Å². The Hall–Kier alpha value is -0.120. The normalized spacial score (nSPS) is 13.1. The Bertz CT molecular complexity index is 301. The second-order valence-electron chi connectivity index (χ2n) is 2.58. The van der Waals surface area contributed by atoms with E-state index in [-0.39, 0.29) is 11.1 Å². The van der Waals surface area contributed by atoms with Crippen molar-refractivity contribution in [2.24, 2.45) is 5.73 Å². The van der Waals surface area contributed by atoms with Crippen LogP contribution in [0.1, 0.15) is 18.5 Å². The molecule has 0 saturated heterocycles. The van der Waals surface area contributed by atoms with Crippen molar-refractivity contribution in [1.82, 2.24) is 0 Å². The van der Waals surface area contributed by atoms with Gasteiger partial charge in [-0.2, -0.15) is 0 Å².